The first kappa shape index (κ1) is 14.8. The largest absolute Gasteiger partial charge is 0.289 e. The van der Waals surface area contributed by atoms with Gasteiger partial charge in [-0.2, -0.15) is 4.37 Å². The van der Waals surface area contributed by atoms with Crippen LogP contribution < -0.4 is 4.72 Å². The Bertz CT molecular complexity index is 774. The molecule has 1 heterocycles. The van der Waals surface area contributed by atoms with Crippen molar-refractivity contribution in [3.63, 3.8) is 0 Å². The highest BCUT2D eigenvalue weighted by molar-refractivity contribution is 9.10. The number of halogens is 1. The van der Waals surface area contributed by atoms with Crippen molar-refractivity contribution >= 4 is 48.3 Å². The van der Waals surface area contributed by atoms with Gasteiger partial charge < -0.3 is 0 Å². The van der Waals surface area contributed by atoms with Gasteiger partial charge in [0.2, 0.25) is 5.13 Å². The Balaban J connectivity index is 2.48. The van der Waals surface area contributed by atoms with Crippen LogP contribution in [-0.2, 0) is 10.0 Å². The van der Waals surface area contributed by atoms with Crippen molar-refractivity contribution in [2.24, 2.45) is 0 Å². The molecule has 0 unspecified atom stereocenters. The average molecular weight is 379 g/mol. The van der Waals surface area contributed by atoms with Gasteiger partial charge in [-0.05, 0) is 19.1 Å². The van der Waals surface area contributed by atoms with Crippen LogP contribution in [0.4, 0.5) is 10.8 Å². The Labute approximate surface area is 126 Å². The van der Waals surface area contributed by atoms with E-state index in [0.29, 0.717) is 10.3 Å². The van der Waals surface area contributed by atoms with Gasteiger partial charge in [0.25, 0.3) is 15.7 Å². The van der Waals surface area contributed by atoms with E-state index in [-0.39, 0.29) is 5.13 Å². The number of hydrogen-bond donors (Lipinski definition) is 1. The minimum absolute atomic E-state index is 0.0526. The molecule has 0 aliphatic heterocycles. The summed E-state index contributed by atoms with van der Waals surface area (Å²) in [6, 6.07) is 3.67. The van der Waals surface area contributed by atoms with Crippen molar-refractivity contribution < 1.29 is 13.3 Å². The lowest BCUT2D eigenvalue weighted by atomic mass is 10.3. The number of benzene rings is 1. The number of nitrogens with zero attached hydrogens (tertiary/aromatic N) is 3. The van der Waals surface area contributed by atoms with Gasteiger partial charge in [0.05, 0.1) is 4.92 Å². The number of sulfonamides is 1. The van der Waals surface area contributed by atoms with Crippen molar-refractivity contribution in [2.45, 2.75) is 11.8 Å². The van der Waals surface area contributed by atoms with E-state index in [4.69, 9.17) is 0 Å². The molecule has 0 bridgehead atoms. The first-order chi connectivity index (χ1) is 9.29. The number of rotatable bonds is 4. The number of nitrogens with one attached hydrogen (secondary N) is 1. The van der Waals surface area contributed by atoms with E-state index in [1.807, 2.05) is 0 Å². The molecule has 11 heteroatoms. The van der Waals surface area contributed by atoms with Gasteiger partial charge >= 0.3 is 0 Å². The maximum absolute atomic E-state index is 12.2. The molecule has 0 spiro atoms. The number of hydrogen-bond acceptors (Lipinski definition) is 7. The Morgan fingerprint density at radius 3 is 2.70 bits per heavy atom. The molecule has 1 N–H and O–H groups in total. The lowest BCUT2D eigenvalue weighted by Crippen LogP contribution is -2.14. The Morgan fingerprint density at radius 2 is 2.15 bits per heavy atom. The summed E-state index contributed by atoms with van der Waals surface area (Å²) in [4.78, 5) is 13.6. The number of aromatic nitrogens is 2. The molecule has 8 nitrogen and oxygen atoms in total. The van der Waals surface area contributed by atoms with Crippen molar-refractivity contribution in [3.05, 3.63) is 38.6 Å². The lowest BCUT2D eigenvalue weighted by molar-refractivity contribution is -0.387. The van der Waals surface area contributed by atoms with Gasteiger partial charge in [0, 0.05) is 22.1 Å². The second-order valence-corrected chi connectivity index (χ2v) is 6.94. The lowest BCUT2D eigenvalue weighted by Gasteiger charge is -2.06. The summed E-state index contributed by atoms with van der Waals surface area (Å²) in [6.07, 6.45) is 0. The maximum Gasteiger partial charge on any atom is 0.289 e. The highest BCUT2D eigenvalue weighted by Crippen LogP contribution is 2.29. The molecule has 0 aliphatic rings. The standard InChI is InChI=1S/C9H7BrN4O4S2/c1-5-11-9(19-12-5)13-20(17,18)8-4-6(10)2-3-7(8)14(15)16/h2-4H,1H3,(H,11,12,13). The summed E-state index contributed by atoms with van der Waals surface area (Å²) in [5.74, 6) is 0.413. The minimum atomic E-state index is -4.11. The molecular weight excluding hydrogens is 372 g/mol. The van der Waals surface area contributed by atoms with Crippen LogP contribution in [0.2, 0.25) is 0 Å². The normalized spacial score (nSPS) is 11.3. The zero-order valence-corrected chi connectivity index (χ0v) is 13.1. The van der Waals surface area contributed by atoms with Gasteiger partial charge in [-0.15, -0.1) is 0 Å². The fourth-order valence-electron chi connectivity index (χ4n) is 1.36. The first-order valence-corrected chi connectivity index (χ1v) is 8.11. The molecular formula is C9H7BrN4O4S2. The summed E-state index contributed by atoms with van der Waals surface area (Å²) < 4.78 is 30.8. The molecule has 0 atom stereocenters. The Kier molecular flexibility index (Phi) is 4.01. The van der Waals surface area contributed by atoms with E-state index in [1.165, 1.54) is 6.07 Å². The van der Waals surface area contributed by atoms with E-state index in [1.54, 1.807) is 6.92 Å². The van der Waals surface area contributed by atoms with Crippen LogP contribution in [0.5, 0.6) is 0 Å². The highest BCUT2D eigenvalue weighted by Gasteiger charge is 2.27. The number of anilines is 1. The number of aryl methyl sites for hydroxylation is 1. The first-order valence-electron chi connectivity index (χ1n) is 5.06. The van der Waals surface area contributed by atoms with Crippen LogP contribution in [0.15, 0.2) is 27.6 Å². The van der Waals surface area contributed by atoms with Crippen LogP contribution in [0, 0.1) is 17.0 Å². The molecule has 20 heavy (non-hydrogen) atoms. The summed E-state index contributed by atoms with van der Waals surface area (Å²) >= 11 is 3.94. The van der Waals surface area contributed by atoms with Crippen molar-refractivity contribution in [2.75, 3.05) is 4.72 Å². The predicted molar refractivity (Wildman–Crippen MR) is 76.3 cm³/mol. The summed E-state index contributed by atoms with van der Waals surface area (Å²) in [7, 11) is -4.11. The molecule has 106 valence electrons. The van der Waals surface area contributed by atoms with Crippen LogP contribution in [0.3, 0.4) is 0 Å². The van der Waals surface area contributed by atoms with Crippen LogP contribution in [0.25, 0.3) is 0 Å². The topological polar surface area (TPSA) is 115 Å². The van der Waals surface area contributed by atoms with Gasteiger partial charge in [0.15, 0.2) is 4.90 Å². The molecule has 2 aromatic rings. The monoisotopic (exact) mass is 378 g/mol. The summed E-state index contributed by atoms with van der Waals surface area (Å²) in [6.45, 7) is 1.61. The minimum Gasteiger partial charge on any atom is -0.258 e. The van der Waals surface area contributed by atoms with Crippen LogP contribution >= 0.6 is 27.5 Å². The molecule has 0 saturated heterocycles. The third kappa shape index (κ3) is 3.11. The third-order valence-electron chi connectivity index (χ3n) is 2.16. The molecule has 2 rings (SSSR count). The number of nitro groups is 1. The molecule has 0 amide bonds. The van der Waals surface area contributed by atoms with Crippen molar-refractivity contribution in [3.8, 4) is 0 Å². The SMILES string of the molecule is Cc1nsc(NS(=O)(=O)c2cc(Br)ccc2[N+](=O)[O-])n1. The van der Waals surface area contributed by atoms with Gasteiger partial charge in [-0.25, -0.2) is 13.4 Å². The molecule has 0 fully saturated rings. The second kappa shape index (κ2) is 5.42. The van der Waals surface area contributed by atoms with Crippen molar-refractivity contribution in [1.82, 2.24) is 9.36 Å². The smallest absolute Gasteiger partial charge is 0.258 e. The van der Waals surface area contributed by atoms with E-state index in [2.05, 4.69) is 30.0 Å². The summed E-state index contributed by atoms with van der Waals surface area (Å²) in [5.41, 5.74) is -0.512. The fourth-order valence-corrected chi connectivity index (χ4v) is 3.87. The number of nitro benzene ring substituents is 1. The quantitative estimate of drug-likeness (QED) is 0.644. The van der Waals surface area contributed by atoms with Crippen LogP contribution in [0.1, 0.15) is 5.82 Å². The van der Waals surface area contributed by atoms with E-state index < -0.39 is 25.5 Å². The van der Waals surface area contributed by atoms with E-state index in [0.717, 1.165) is 23.7 Å². The molecule has 0 aliphatic carbocycles. The van der Waals surface area contributed by atoms with Gasteiger partial charge in [-0.3, -0.25) is 14.8 Å². The molecule has 0 radical (unpaired) electrons. The molecule has 1 aromatic carbocycles. The van der Waals surface area contributed by atoms with Gasteiger partial charge in [0.1, 0.15) is 5.82 Å². The van der Waals surface area contributed by atoms with E-state index >= 15 is 0 Å². The van der Waals surface area contributed by atoms with Crippen LogP contribution in [-0.4, -0.2) is 22.7 Å². The van der Waals surface area contributed by atoms with E-state index in [9.17, 15) is 18.5 Å². The Morgan fingerprint density at radius 1 is 1.45 bits per heavy atom. The average Bonchev–Trinajstić information content (AvgIpc) is 2.73. The summed E-state index contributed by atoms with van der Waals surface area (Å²) in [5, 5.41) is 11.0. The third-order valence-corrected chi connectivity index (χ3v) is 4.87. The molecule has 1 aromatic heterocycles. The second-order valence-electron chi connectivity index (χ2n) is 3.62. The zero-order valence-electron chi connectivity index (χ0n) is 9.90. The zero-order chi connectivity index (χ0) is 14.9. The Hall–Kier alpha value is -1.59. The van der Waals surface area contributed by atoms with Crippen molar-refractivity contribution in [1.29, 1.82) is 0 Å². The highest BCUT2D eigenvalue weighted by atomic mass is 79.9. The molecule has 0 saturated carbocycles. The predicted octanol–water partition coefficient (Wildman–Crippen LogP) is 2.32. The van der Waals surface area contributed by atoms with Gasteiger partial charge in [-0.1, -0.05) is 15.9 Å². The fraction of sp³-hybridized carbons (Fsp3) is 0.111. The maximum atomic E-state index is 12.2.